The highest BCUT2D eigenvalue weighted by Gasteiger charge is 2.27. The number of rotatable bonds is 20. The molecule has 5 rings (SSSR count). The first-order valence-corrected chi connectivity index (χ1v) is 20.9. The molecule has 0 saturated heterocycles. The predicted octanol–water partition coefficient (Wildman–Crippen LogP) is 6.30. The zero-order valence-corrected chi connectivity index (χ0v) is 37.5. The van der Waals surface area contributed by atoms with E-state index in [0.29, 0.717) is 11.1 Å². The van der Waals surface area contributed by atoms with Crippen molar-refractivity contribution in [2.45, 2.75) is 57.2 Å². The number of ketones is 2. The van der Waals surface area contributed by atoms with Gasteiger partial charge in [-0.15, -0.1) is 0 Å². The Kier molecular flexibility index (Phi) is 24.0. The molecule has 0 bridgehead atoms. The minimum absolute atomic E-state index is 0.0195. The zero-order chi connectivity index (χ0) is 50.4. The zero-order valence-electron chi connectivity index (χ0n) is 37.5. The highest BCUT2D eigenvalue weighted by atomic mass is 16.6. The van der Waals surface area contributed by atoms with Gasteiger partial charge in [-0.2, -0.15) is 0 Å². The topological polar surface area (TPSA) is 276 Å². The van der Waals surface area contributed by atoms with E-state index in [2.05, 4.69) is 25.4 Å². The van der Waals surface area contributed by atoms with Gasteiger partial charge in [0.2, 0.25) is 0 Å². The van der Waals surface area contributed by atoms with Crippen LogP contribution in [0.4, 0.5) is 14.4 Å². The number of aliphatic carboxylic acids is 2. The van der Waals surface area contributed by atoms with Gasteiger partial charge in [-0.25, -0.2) is 28.8 Å². The first kappa shape index (κ1) is 54.5. The van der Waals surface area contributed by atoms with E-state index in [9.17, 15) is 48.3 Å². The second-order valence-electron chi connectivity index (χ2n) is 14.2. The summed E-state index contributed by atoms with van der Waals surface area (Å²) < 4.78 is 24.0. The van der Waals surface area contributed by atoms with E-state index < -0.39 is 66.7 Å². The maximum absolute atomic E-state index is 12.2. The lowest BCUT2D eigenvalue weighted by Gasteiger charge is -2.16. The number of carboxylic acid groups (broad SMARTS) is 2. The number of hydrogen-bond acceptors (Lipinski definition) is 14. The van der Waals surface area contributed by atoms with Gasteiger partial charge in [-0.05, 0) is 16.7 Å². The molecular formula is C50H51N3O16. The Morgan fingerprint density at radius 1 is 0.406 bits per heavy atom. The molecule has 3 amide bonds. The second-order valence-corrected chi connectivity index (χ2v) is 14.2. The van der Waals surface area contributed by atoms with E-state index in [4.69, 9.17) is 19.3 Å². The summed E-state index contributed by atoms with van der Waals surface area (Å²) >= 11 is 0. The molecule has 3 atom stereocenters. The Hall–Kier alpha value is -8.87. The van der Waals surface area contributed by atoms with Crippen molar-refractivity contribution >= 4 is 53.7 Å². The molecule has 0 aliphatic rings. The molecule has 0 aromatic heterocycles. The highest BCUT2D eigenvalue weighted by molar-refractivity contribution is 6.00. The molecule has 0 aliphatic carbocycles. The number of esters is 2. The summed E-state index contributed by atoms with van der Waals surface area (Å²) in [6.07, 6.45) is -3.69. The lowest BCUT2D eigenvalue weighted by atomic mass is 10.0. The molecule has 5 aromatic rings. The SMILES string of the molecule is COC(=O)[C@@H](CC(=O)O)NC(=O)OCc1ccccc1.COC(=O)[C@@H](CC(=O)c1ccccc1)NC(=O)OCc1ccccc1.O=C(N[C@H](CC(=O)c1ccccc1)C(=O)O)OCc1ccccc1. The van der Waals surface area contributed by atoms with Gasteiger partial charge in [0.25, 0.3) is 0 Å². The lowest BCUT2D eigenvalue weighted by Crippen LogP contribution is -2.43. The third-order valence-electron chi connectivity index (χ3n) is 9.13. The number of amides is 3. The summed E-state index contributed by atoms with van der Waals surface area (Å²) in [5, 5.41) is 24.6. The van der Waals surface area contributed by atoms with Crippen LogP contribution in [-0.2, 0) is 62.7 Å². The maximum atomic E-state index is 12.2. The van der Waals surface area contributed by atoms with E-state index in [0.717, 1.165) is 23.8 Å². The van der Waals surface area contributed by atoms with Crippen LogP contribution in [0.15, 0.2) is 152 Å². The summed E-state index contributed by atoms with van der Waals surface area (Å²) in [6.45, 7) is 0.104. The fourth-order valence-corrected chi connectivity index (χ4v) is 5.62. The first-order valence-electron chi connectivity index (χ1n) is 20.9. The first-order chi connectivity index (χ1) is 33.2. The van der Waals surface area contributed by atoms with Crippen LogP contribution in [-0.4, -0.2) is 96.3 Å². The third-order valence-corrected chi connectivity index (χ3v) is 9.13. The molecule has 0 spiro atoms. The molecule has 0 saturated carbocycles. The van der Waals surface area contributed by atoms with E-state index in [1.54, 1.807) is 109 Å². The number of alkyl carbamates (subject to hydrolysis) is 3. The van der Waals surface area contributed by atoms with Crippen molar-refractivity contribution in [3.8, 4) is 0 Å². The van der Waals surface area contributed by atoms with Gasteiger partial charge in [-0.3, -0.25) is 14.4 Å². The monoisotopic (exact) mass is 949 g/mol. The lowest BCUT2D eigenvalue weighted by molar-refractivity contribution is -0.148. The average Bonchev–Trinajstić information content (AvgIpc) is 3.37. The number of benzene rings is 5. The standard InChI is InChI=1S/C19H19NO5.C18H17NO5.C13H15NO6/c1-24-18(22)16(12-17(21)15-10-6-3-7-11-15)20-19(23)25-13-14-8-4-2-5-9-14;20-16(14-9-5-2-6-10-14)11-15(17(21)22)19-18(23)24-12-13-7-3-1-4-8-13;1-19-12(17)10(7-11(15)16)14-13(18)20-8-9-5-3-2-4-6-9/h2-11,16H,12-13H2,1H3,(H,20,23);1-10,15H,11-12H2,(H,19,23)(H,21,22);2-6,10H,7-8H2,1H3,(H,14,18)(H,15,16)/t16-;15-;10-/m111/s1. The van der Waals surface area contributed by atoms with Gasteiger partial charge in [0.1, 0.15) is 37.9 Å². The molecule has 0 aliphatic heterocycles. The van der Waals surface area contributed by atoms with Crippen LogP contribution in [0.3, 0.4) is 0 Å². The van der Waals surface area contributed by atoms with E-state index >= 15 is 0 Å². The second kappa shape index (κ2) is 30.4. The van der Waals surface area contributed by atoms with Crippen molar-refractivity contribution in [3.63, 3.8) is 0 Å². The maximum Gasteiger partial charge on any atom is 0.408 e. The van der Waals surface area contributed by atoms with Crippen LogP contribution in [0.1, 0.15) is 56.7 Å². The Labute approximate surface area is 396 Å². The Morgan fingerprint density at radius 2 is 0.681 bits per heavy atom. The Bertz CT molecular complexity index is 2420. The number of carbonyl (C=O) groups is 9. The summed E-state index contributed by atoms with van der Waals surface area (Å²) in [4.78, 5) is 104. The van der Waals surface area contributed by atoms with Crippen LogP contribution < -0.4 is 16.0 Å². The van der Waals surface area contributed by atoms with Gasteiger partial charge in [0.05, 0.1) is 20.6 Å². The minimum Gasteiger partial charge on any atom is -0.481 e. The Morgan fingerprint density at radius 3 is 0.971 bits per heavy atom. The number of Topliss-reactive ketones (excluding diaryl/α,β-unsaturated/α-hetero) is 2. The number of nitrogens with one attached hydrogen (secondary N) is 3. The number of hydrogen-bond donors (Lipinski definition) is 5. The summed E-state index contributed by atoms with van der Waals surface area (Å²) in [6, 6.07) is 40.1. The van der Waals surface area contributed by atoms with Crippen molar-refractivity contribution in [2.75, 3.05) is 14.2 Å². The number of carbonyl (C=O) groups excluding carboxylic acids is 7. The molecule has 0 fully saturated rings. The highest BCUT2D eigenvalue weighted by Crippen LogP contribution is 2.10. The van der Waals surface area contributed by atoms with Crippen LogP contribution in [0.5, 0.6) is 0 Å². The van der Waals surface area contributed by atoms with Gasteiger partial charge in [0.15, 0.2) is 11.6 Å². The predicted molar refractivity (Wildman–Crippen MR) is 245 cm³/mol. The molecule has 5 N–H and O–H groups in total. The Balaban J connectivity index is 0.000000276. The summed E-state index contributed by atoms with van der Waals surface area (Å²) in [5.74, 6) is -4.73. The quantitative estimate of drug-likeness (QED) is 0.0325. The normalized spacial score (nSPS) is 11.3. The van der Waals surface area contributed by atoms with Gasteiger partial charge < -0.3 is 49.8 Å². The van der Waals surface area contributed by atoms with Gasteiger partial charge >= 0.3 is 42.2 Å². The van der Waals surface area contributed by atoms with Crippen molar-refractivity contribution in [3.05, 3.63) is 179 Å². The molecular weight excluding hydrogens is 899 g/mol. The van der Waals surface area contributed by atoms with Crippen molar-refractivity contribution in [2.24, 2.45) is 0 Å². The van der Waals surface area contributed by atoms with E-state index in [1.165, 1.54) is 7.11 Å². The van der Waals surface area contributed by atoms with Crippen molar-refractivity contribution < 1.29 is 77.0 Å². The fourth-order valence-electron chi connectivity index (χ4n) is 5.62. The average molecular weight is 950 g/mol. The van der Waals surface area contributed by atoms with Crippen LogP contribution in [0.2, 0.25) is 0 Å². The summed E-state index contributed by atoms with van der Waals surface area (Å²) in [5.41, 5.74) is 3.21. The molecule has 19 heteroatoms. The van der Waals surface area contributed by atoms with Gasteiger partial charge in [-0.1, -0.05) is 152 Å². The van der Waals surface area contributed by atoms with Crippen LogP contribution in [0, 0.1) is 0 Å². The molecule has 19 nitrogen and oxygen atoms in total. The van der Waals surface area contributed by atoms with E-state index in [-0.39, 0.29) is 44.2 Å². The number of methoxy groups -OCH3 is 2. The molecule has 0 unspecified atom stereocenters. The molecule has 0 radical (unpaired) electrons. The fraction of sp³-hybridized carbons (Fsp3) is 0.220. The number of carboxylic acids is 2. The smallest absolute Gasteiger partial charge is 0.408 e. The van der Waals surface area contributed by atoms with Crippen LogP contribution >= 0.6 is 0 Å². The largest absolute Gasteiger partial charge is 0.481 e. The summed E-state index contributed by atoms with van der Waals surface area (Å²) in [7, 11) is 2.30. The van der Waals surface area contributed by atoms with E-state index in [1.807, 2.05) is 42.5 Å². The van der Waals surface area contributed by atoms with Gasteiger partial charge in [0, 0.05) is 24.0 Å². The molecule has 69 heavy (non-hydrogen) atoms. The van der Waals surface area contributed by atoms with Crippen molar-refractivity contribution in [1.82, 2.24) is 16.0 Å². The number of ether oxygens (including phenoxy) is 5. The molecule has 5 aromatic carbocycles. The minimum atomic E-state index is -1.35. The molecule has 362 valence electrons. The third kappa shape index (κ3) is 21.8. The van der Waals surface area contributed by atoms with Crippen molar-refractivity contribution in [1.29, 1.82) is 0 Å². The molecule has 0 heterocycles. The van der Waals surface area contributed by atoms with Crippen LogP contribution in [0.25, 0.3) is 0 Å².